The highest BCUT2D eigenvalue weighted by molar-refractivity contribution is 4.96. The molecule has 0 aliphatic heterocycles. The molecule has 0 aromatic heterocycles. The van der Waals surface area contributed by atoms with Crippen molar-refractivity contribution in [3.05, 3.63) is 0 Å². The van der Waals surface area contributed by atoms with Gasteiger partial charge >= 0.3 is 0 Å². The van der Waals surface area contributed by atoms with E-state index in [-0.39, 0.29) is 0 Å². The van der Waals surface area contributed by atoms with Crippen molar-refractivity contribution in [2.24, 2.45) is 35.5 Å². The Hall–Kier alpha value is 0. The highest BCUT2D eigenvalue weighted by atomic mass is 14.5. The Kier molecular flexibility index (Phi) is 2.42. The smallest absolute Gasteiger partial charge is 0.0355 e. The third kappa shape index (κ3) is 1.25. The minimum atomic E-state index is 0.997. The molecule has 3 aliphatic carbocycles. The Morgan fingerprint density at radius 1 is 0.846 bits per heavy atom. The van der Waals surface area contributed by atoms with Gasteiger partial charge in [-0.15, -0.1) is 0 Å². The van der Waals surface area contributed by atoms with E-state index in [1.807, 2.05) is 0 Å². The van der Waals surface area contributed by atoms with Gasteiger partial charge in [0.15, 0.2) is 0 Å². The van der Waals surface area contributed by atoms with Crippen LogP contribution in [0.3, 0.4) is 0 Å². The highest BCUT2D eigenvalue weighted by Gasteiger charge is 2.47. The van der Waals surface area contributed by atoms with Crippen molar-refractivity contribution in [3.8, 4) is 0 Å². The van der Waals surface area contributed by atoms with Crippen LogP contribution in [0.25, 0.3) is 0 Å². The van der Waals surface area contributed by atoms with Crippen molar-refractivity contribution in [1.82, 2.24) is 0 Å². The van der Waals surface area contributed by atoms with Crippen LogP contribution < -0.4 is 0 Å². The minimum Gasteiger partial charge on any atom is -0.0651 e. The zero-order chi connectivity index (χ0) is 9.59. The predicted molar refractivity (Wildman–Crippen MR) is 57.5 cm³/mol. The minimum absolute atomic E-state index is 0.997. The van der Waals surface area contributed by atoms with Crippen LogP contribution in [0.5, 0.6) is 0 Å². The molecule has 0 amide bonds. The molecule has 3 rings (SSSR count). The van der Waals surface area contributed by atoms with Gasteiger partial charge in [-0.25, -0.2) is 0 Å². The molecular weight excluding hydrogens is 156 g/mol. The van der Waals surface area contributed by atoms with Gasteiger partial charge in [-0.1, -0.05) is 34.1 Å². The van der Waals surface area contributed by atoms with Gasteiger partial charge in [0, 0.05) is 0 Å². The first-order chi connectivity index (χ1) is 6.16. The lowest BCUT2D eigenvalue weighted by Crippen LogP contribution is -2.47. The topological polar surface area (TPSA) is 0 Å². The van der Waals surface area contributed by atoms with Gasteiger partial charge in [0.25, 0.3) is 0 Å². The predicted octanol–water partition coefficient (Wildman–Crippen LogP) is 3.96. The lowest BCUT2D eigenvalue weighted by atomic mass is 9.51. The molecule has 0 saturated heterocycles. The maximum absolute atomic E-state index is 2.51. The molecule has 0 radical (unpaired) electrons. The summed E-state index contributed by atoms with van der Waals surface area (Å²) < 4.78 is 0. The molecule has 0 heterocycles. The maximum Gasteiger partial charge on any atom is -0.0355 e. The van der Waals surface area contributed by atoms with Crippen molar-refractivity contribution < 1.29 is 0 Å². The van der Waals surface area contributed by atoms with E-state index < -0.39 is 0 Å². The Balaban J connectivity index is 2.21. The second kappa shape index (κ2) is 3.29. The van der Waals surface area contributed by atoms with Gasteiger partial charge in [-0.2, -0.15) is 0 Å². The molecule has 0 spiro atoms. The van der Waals surface area contributed by atoms with Crippen molar-refractivity contribution in [2.45, 2.75) is 47.0 Å². The van der Waals surface area contributed by atoms with Crippen LogP contribution in [0.4, 0.5) is 0 Å². The molecule has 13 heavy (non-hydrogen) atoms. The third-order valence-corrected chi connectivity index (χ3v) is 5.39. The number of hydrogen-bond acceptors (Lipinski definition) is 0. The van der Waals surface area contributed by atoms with Crippen LogP contribution >= 0.6 is 0 Å². The summed E-state index contributed by atoms with van der Waals surface area (Å²) in [7, 11) is 0. The second-order valence-electron chi connectivity index (χ2n) is 5.55. The number of hydrogen-bond donors (Lipinski definition) is 0. The SMILES string of the molecule is CCC1C(C)C2CCC1C(C)C2C. The van der Waals surface area contributed by atoms with Crippen molar-refractivity contribution >= 4 is 0 Å². The van der Waals surface area contributed by atoms with E-state index in [1.54, 1.807) is 0 Å². The molecule has 76 valence electrons. The average Bonchev–Trinajstić information content (AvgIpc) is 2.13. The Morgan fingerprint density at radius 2 is 1.38 bits per heavy atom. The van der Waals surface area contributed by atoms with Crippen LogP contribution in [0, 0.1) is 35.5 Å². The van der Waals surface area contributed by atoms with Gasteiger partial charge in [0.1, 0.15) is 0 Å². The summed E-state index contributed by atoms with van der Waals surface area (Å²) in [4.78, 5) is 0. The largest absolute Gasteiger partial charge is 0.0651 e. The summed E-state index contributed by atoms with van der Waals surface area (Å²) in [6.45, 7) is 9.88. The van der Waals surface area contributed by atoms with Gasteiger partial charge in [0.2, 0.25) is 0 Å². The van der Waals surface area contributed by atoms with Gasteiger partial charge < -0.3 is 0 Å². The lowest BCUT2D eigenvalue weighted by molar-refractivity contribution is -0.0557. The Bertz CT molecular complexity index is 182. The summed E-state index contributed by atoms with van der Waals surface area (Å²) in [6, 6.07) is 0. The second-order valence-corrected chi connectivity index (χ2v) is 5.55. The van der Waals surface area contributed by atoms with E-state index in [1.165, 1.54) is 19.3 Å². The van der Waals surface area contributed by atoms with E-state index in [2.05, 4.69) is 27.7 Å². The van der Waals surface area contributed by atoms with Gasteiger partial charge in [-0.05, 0) is 48.3 Å². The molecule has 0 aromatic carbocycles. The fourth-order valence-electron chi connectivity index (χ4n) is 4.42. The van der Waals surface area contributed by atoms with E-state index >= 15 is 0 Å². The van der Waals surface area contributed by atoms with E-state index in [0.29, 0.717) is 0 Å². The molecule has 0 aromatic rings. The Labute approximate surface area is 83.1 Å². The van der Waals surface area contributed by atoms with Crippen molar-refractivity contribution in [3.63, 3.8) is 0 Å². The first-order valence-corrected chi connectivity index (χ1v) is 6.16. The fraction of sp³-hybridized carbons (Fsp3) is 1.00. The molecule has 3 aliphatic rings. The molecule has 2 bridgehead atoms. The van der Waals surface area contributed by atoms with Crippen LogP contribution in [0.15, 0.2) is 0 Å². The maximum atomic E-state index is 2.51. The van der Waals surface area contributed by atoms with Crippen LogP contribution in [0.1, 0.15) is 47.0 Å². The highest BCUT2D eigenvalue weighted by Crippen LogP contribution is 2.55. The van der Waals surface area contributed by atoms with E-state index in [4.69, 9.17) is 0 Å². The molecular formula is C13H24. The molecule has 3 saturated carbocycles. The molecule has 6 unspecified atom stereocenters. The van der Waals surface area contributed by atoms with E-state index in [0.717, 1.165) is 35.5 Å². The molecule has 0 nitrogen and oxygen atoms in total. The summed E-state index contributed by atoms with van der Waals surface area (Å²) in [5.74, 6) is 6.15. The number of fused-ring (bicyclic) bond motifs is 3. The zero-order valence-electron chi connectivity index (χ0n) is 9.59. The van der Waals surface area contributed by atoms with Crippen LogP contribution in [-0.2, 0) is 0 Å². The lowest BCUT2D eigenvalue weighted by Gasteiger charge is -2.54. The first-order valence-electron chi connectivity index (χ1n) is 6.16. The Morgan fingerprint density at radius 3 is 2.00 bits per heavy atom. The molecule has 0 heteroatoms. The van der Waals surface area contributed by atoms with Crippen LogP contribution in [-0.4, -0.2) is 0 Å². The standard InChI is InChI=1S/C13H24/c1-5-11-10(4)12-6-7-13(11)9(3)8(12)2/h8-13H,5-7H2,1-4H3. The van der Waals surface area contributed by atoms with Gasteiger partial charge in [0.05, 0.1) is 0 Å². The summed E-state index contributed by atoms with van der Waals surface area (Å²) in [5, 5.41) is 0. The van der Waals surface area contributed by atoms with Crippen molar-refractivity contribution in [1.29, 1.82) is 0 Å². The molecule has 0 N–H and O–H groups in total. The van der Waals surface area contributed by atoms with Crippen molar-refractivity contribution in [2.75, 3.05) is 0 Å². The fourth-order valence-corrected chi connectivity index (χ4v) is 4.42. The monoisotopic (exact) mass is 180 g/mol. The first kappa shape index (κ1) is 9.55. The number of rotatable bonds is 1. The summed E-state index contributed by atoms with van der Waals surface area (Å²) >= 11 is 0. The zero-order valence-corrected chi connectivity index (χ0v) is 9.59. The van der Waals surface area contributed by atoms with E-state index in [9.17, 15) is 0 Å². The van der Waals surface area contributed by atoms with Crippen LogP contribution in [0.2, 0.25) is 0 Å². The molecule has 3 fully saturated rings. The normalized spacial score (nSPS) is 55.4. The summed E-state index contributed by atoms with van der Waals surface area (Å²) in [6.07, 6.45) is 4.46. The average molecular weight is 180 g/mol. The summed E-state index contributed by atoms with van der Waals surface area (Å²) in [5.41, 5.74) is 0. The quantitative estimate of drug-likeness (QED) is 0.573. The van der Waals surface area contributed by atoms with Gasteiger partial charge in [-0.3, -0.25) is 0 Å². The molecule has 6 atom stereocenters. The third-order valence-electron chi connectivity index (χ3n) is 5.39.